The van der Waals surface area contributed by atoms with Crippen molar-refractivity contribution >= 4 is 17.3 Å². The average molecular weight is 230 g/mol. The molecule has 82 valence electrons. The molecule has 1 atom stereocenters. The molecule has 0 bridgehead atoms. The normalized spacial score (nSPS) is 21.6. The second-order valence-corrected chi connectivity index (χ2v) is 3.94. The lowest BCUT2D eigenvalue weighted by Crippen LogP contribution is -2.19. The minimum Gasteiger partial charge on any atom is -0.356 e. The molecule has 0 radical (unpaired) electrons. The lowest BCUT2D eigenvalue weighted by molar-refractivity contribution is -0.0394. The van der Waals surface area contributed by atoms with Crippen molar-refractivity contribution in [3.8, 4) is 0 Å². The molecule has 5 nitrogen and oxygen atoms in total. The third kappa shape index (κ3) is 1.89. The van der Waals surface area contributed by atoms with Gasteiger partial charge < -0.3 is 4.74 Å². The molecule has 0 N–H and O–H groups in total. The minimum atomic E-state index is -0.152. The smallest absolute Gasteiger partial charge is 0.167 e. The number of rotatable bonds is 2. The summed E-state index contributed by atoms with van der Waals surface area (Å²) < 4.78 is 7.08. The van der Waals surface area contributed by atoms with Crippen LogP contribution in [-0.2, 0) is 4.74 Å². The van der Waals surface area contributed by atoms with E-state index in [-0.39, 0.29) is 17.1 Å². The molecule has 15 heavy (non-hydrogen) atoms. The highest BCUT2D eigenvalue weighted by molar-refractivity contribution is 6.32. The van der Waals surface area contributed by atoms with E-state index in [0.717, 1.165) is 19.3 Å². The van der Waals surface area contributed by atoms with Crippen LogP contribution in [0.15, 0.2) is 5.18 Å². The Balaban J connectivity index is 2.31. The maximum absolute atomic E-state index is 10.5. The molecule has 6 heteroatoms. The first kappa shape index (κ1) is 10.6. The SMILES string of the molecule is Cc1nn(C2CCCCO2)c(Cl)c1N=O. The number of nitrogens with zero attached hydrogens (tertiary/aromatic N) is 3. The Morgan fingerprint density at radius 1 is 1.60 bits per heavy atom. The topological polar surface area (TPSA) is 56.5 Å². The van der Waals surface area contributed by atoms with Crippen molar-refractivity contribution < 1.29 is 4.74 Å². The molecule has 2 heterocycles. The number of aromatic nitrogens is 2. The van der Waals surface area contributed by atoms with Gasteiger partial charge in [-0.05, 0) is 31.4 Å². The molecule has 1 saturated heterocycles. The van der Waals surface area contributed by atoms with Gasteiger partial charge >= 0.3 is 0 Å². The van der Waals surface area contributed by atoms with Gasteiger partial charge in [0.2, 0.25) is 0 Å². The Morgan fingerprint density at radius 3 is 2.93 bits per heavy atom. The summed E-state index contributed by atoms with van der Waals surface area (Å²) in [4.78, 5) is 10.5. The molecule has 2 rings (SSSR count). The maximum atomic E-state index is 10.5. The van der Waals surface area contributed by atoms with Crippen molar-refractivity contribution in [3.63, 3.8) is 0 Å². The maximum Gasteiger partial charge on any atom is 0.167 e. The summed E-state index contributed by atoms with van der Waals surface area (Å²) in [6.07, 6.45) is 2.87. The second kappa shape index (κ2) is 4.28. The zero-order valence-corrected chi connectivity index (χ0v) is 9.20. The van der Waals surface area contributed by atoms with Crippen molar-refractivity contribution in [1.82, 2.24) is 9.78 Å². The fraction of sp³-hybridized carbons (Fsp3) is 0.667. The molecule has 1 fully saturated rings. The monoisotopic (exact) mass is 229 g/mol. The number of hydrogen-bond acceptors (Lipinski definition) is 4. The summed E-state index contributed by atoms with van der Waals surface area (Å²) in [7, 11) is 0. The Labute approximate surface area is 92.3 Å². The van der Waals surface area contributed by atoms with E-state index in [9.17, 15) is 4.91 Å². The van der Waals surface area contributed by atoms with E-state index in [1.807, 2.05) is 0 Å². The zero-order valence-electron chi connectivity index (χ0n) is 8.44. The standard InChI is InChI=1S/C9H12ClN3O2/c1-6-8(12-14)9(10)13(11-6)7-4-2-3-5-15-7/h7H,2-5H2,1H3. The van der Waals surface area contributed by atoms with Gasteiger partial charge in [0, 0.05) is 6.61 Å². The van der Waals surface area contributed by atoms with Crippen LogP contribution in [0.4, 0.5) is 5.69 Å². The van der Waals surface area contributed by atoms with Gasteiger partial charge in [0.25, 0.3) is 0 Å². The van der Waals surface area contributed by atoms with Gasteiger partial charge in [0.1, 0.15) is 0 Å². The van der Waals surface area contributed by atoms with Crippen molar-refractivity contribution in [3.05, 3.63) is 15.8 Å². The van der Waals surface area contributed by atoms with Gasteiger partial charge in [-0.2, -0.15) is 5.10 Å². The molecule has 1 unspecified atom stereocenters. The van der Waals surface area contributed by atoms with Gasteiger partial charge in [-0.3, -0.25) is 0 Å². The highest BCUT2D eigenvalue weighted by atomic mass is 35.5. The molecule has 0 aliphatic carbocycles. The van der Waals surface area contributed by atoms with E-state index in [2.05, 4.69) is 10.3 Å². The Hall–Kier alpha value is -0.940. The van der Waals surface area contributed by atoms with Crippen molar-refractivity contribution in [2.75, 3.05) is 6.61 Å². The minimum absolute atomic E-state index is 0.152. The van der Waals surface area contributed by atoms with E-state index in [4.69, 9.17) is 16.3 Å². The van der Waals surface area contributed by atoms with Gasteiger partial charge in [-0.25, -0.2) is 4.68 Å². The van der Waals surface area contributed by atoms with E-state index in [1.165, 1.54) is 0 Å². The van der Waals surface area contributed by atoms with Crippen LogP contribution in [0.1, 0.15) is 31.2 Å². The van der Waals surface area contributed by atoms with Crippen LogP contribution in [0.5, 0.6) is 0 Å². The summed E-state index contributed by atoms with van der Waals surface area (Å²) in [6, 6.07) is 0. The first-order valence-electron chi connectivity index (χ1n) is 4.93. The summed E-state index contributed by atoms with van der Waals surface area (Å²) in [6.45, 7) is 2.42. The van der Waals surface area contributed by atoms with Crippen LogP contribution in [0.3, 0.4) is 0 Å². The number of nitroso groups, excluding NO2 is 1. The van der Waals surface area contributed by atoms with E-state index in [0.29, 0.717) is 12.3 Å². The fourth-order valence-corrected chi connectivity index (χ4v) is 2.04. The summed E-state index contributed by atoms with van der Waals surface area (Å²) in [5, 5.41) is 7.31. The van der Waals surface area contributed by atoms with Crippen LogP contribution in [0.25, 0.3) is 0 Å². The third-order valence-electron chi connectivity index (χ3n) is 2.52. The molecule has 0 amide bonds. The summed E-state index contributed by atoms with van der Waals surface area (Å²) in [5.74, 6) is 0. The molecule has 1 aliphatic heterocycles. The highest BCUT2D eigenvalue weighted by Gasteiger charge is 2.23. The number of ether oxygens (including phenoxy) is 1. The van der Waals surface area contributed by atoms with Gasteiger partial charge in [-0.1, -0.05) is 11.6 Å². The quantitative estimate of drug-likeness (QED) is 0.733. The third-order valence-corrected chi connectivity index (χ3v) is 2.87. The summed E-state index contributed by atoms with van der Waals surface area (Å²) in [5.41, 5.74) is 0.759. The largest absolute Gasteiger partial charge is 0.356 e. The van der Waals surface area contributed by atoms with E-state index in [1.54, 1.807) is 11.6 Å². The first-order chi connectivity index (χ1) is 7.24. The predicted octanol–water partition coefficient (Wildman–Crippen LogP) is 2.94. The molecule has 0 aromatic carbocycles. The van der Waals surface area contributed by atoms with Crippen LogP contribution in [0, 0.1) is 11.8 Å². The van der Waals surface area contributed by atoms with Crippen LogP contribution in [0.2, 0.25) is 5.15 Å². The van der Waals surface area contributed by atoms with E-state index >= 15 is 0 Å². The number of hydrogen-bond donors (Lipinski definition) is 0. The van der Waals surface area contributed by atoms with Crippen molar-refractivity contribution in [1.29, 1.82) is 0 Å². The molecular weight excluding hydrogens is 218 g/mol. The molecule has 1 aromatic heterocycles. The number of halogens is 1. The van der Waals surface area contributed by atoms with Gasteiger partial charge in [0.15, 0.2) is 17.1 Å². The van der Waals surface area contributed by atoms with Gasteiger partial charge in [0.05, 0.1) is 5.69 Å². The molecule has 0 spiro atoms. The highest BCUT2D eigenvalue weighted by Crippen LogP contribution is 2.33. The lowest BCUT2D eigenvalue weighted by Gasteiger charge is -2.23. The fourth-order valence-electron chi connectivity index (χ4n) is 1.72. The van der Waals surface area contributed by atoms with E-state index < -0.39 is 0 Å². The molecule has 0 saturated carbocycles. The Bertz CT molecular complexity index is 372. The zero-order chi connectivity index (χ0) is 10.8. The first-order valence-corrected chi connectivity index (χ1v) is 5.31. The molecule has 1 aliphatic rings. The molecule has 1 aromatic rings. The second-order valence-electron chi connectivity index (χ2n) is 3.58. The van der Waals surface area contributed by atoms with Crippen molar-refractivity contribution in [2.24, 2.45) is 5.18 Å². The van der Waals surface area contributed by atoms with Crippen LogP contribution < -0.4 is 0 Å². The summed E-state index contributed by atoms with van der Waals surface area (Å²) >= 11 is 5.99. The molecular formula is C9H12ClN3O2. The van der Waals surface area contributed by atoms with Crippen LogP contribution >= 0.6 is 11.6 Å². The lowest BCUT2D eigenvalue weighted by atomic mass is 10.2. The Morgan fingerprint density at radius 2 is 2.40 bits per heavy atom. The Kier molecular flexibility index (Phi) is 3.02. The van der Waals surface area contributed by atoms with Crippen LogP contribution in [-0.4, -0.2) is 16.4 Å². The predicted molar refractivity (Wildman–Crippen MR) is 56.3 cm³/mol. The van der Waals surface area contributed by atoms with Gasteiger partial charge in [-0.15, -0.1) is 4.91 Å². The van der Waals surface area contributed by atoms with Crippen molar-refractivity contribution in [2.45, 2.75) is 32.4 Å². The number of aryl methyl sites for hydroxylation is 1. The average Bonchev–Trinajstić information content (AvgIpc) is 2.55.